The molecular weight excluding hydrogens is 324 g/mol. The number of hydrogen-bond acceptors (Lipinski definition) is 2. The summed E-state index contributed by atoms with van der Waals surface area (Å²) in [5.41, 5.74) is 2.73. The zero-order chi connectivity index (χ0) is 19.3. The first-order chi connectivity index (χ1) is 12.2. The van der Waals surface area contributed by atoms with E-state index in [4.69, 9.17) is 0 Å². The van der Waals surface area contributed by atoms with Crippen molar-refractivity contribution in [2.45, 2.75) is 39.5 Å². The number of carbonyl (C=O) groups excluding carboxylic acids is 2. The number of para-hydroxylation sites is 2. The Morgan fingerprint density at radius 1 is 0.923 bits per heavy atom. The van der Waals surface area contributed by atoms with Crippen LogP contribution in [0.5, 0.6) is 0 Å². The van der Waals surface area contributed by atoms with Crippen LogP contribution in [-0.4, -0.2) is 25.4 Å². The van der Waals surface area contributed by atoms with Gasteiger partial charge in [-0.25, -0.2) is 0 Å². The third-order valence-corrected chi connectivity index (χ3v) is 4.45. The van der Waals surface area contributed by atoms with Gasteiger partial charge >= 0.3 is 0 Å². The molecule has 2 aromatic rings. The fraction of sp³-hybridized carbons (Fsp3) is 0.364. The van der Waals surface area contributed by atoms with E-state index in [2.05, 4.69) is 20.8 Å². The van der Waals surface area contributed by atoms with Crippen molar-refractivity contribution >= 4 is 23.2 Å². The summed E-state index contributed by atoms with van der Waals surface area (Å²) in [6, 6.07) is 17.4. The minimum absolute atomic E-state index is 0.0179. The molecular formula is C22H28N2O2. The summed E-state index contributed by atoms with van der Waals surface area (Å²) in [7, 11) is 1.76. The molecule has 0 aromatic heterocycles. The Kier molecular flexibility index (Phi) is 6.19. The molecule has 4 nitrogen and oxygen atoms in total. The number of benzene rings is 2. The summed E-state index contributed by atoms with van der Waals surface area (Å²) in [5.74, 6) is -0.0763. The molecule has 0 unspecified atom stereocenters. The molecule has 0 atom stereocenters. The molecule has 0 saturated carbocycles. The number of rotatable bonds is 5. The van der Waals surface area contributed by atoms with E-state index in [0.717, 1.165) is 16.9 Å². The van der Waals surface area contributed by atoms with E-state index in [-0.39, 0.29) is 23.7 Å². The van der Waals surface area contributed by atoms with Crippen LogP contribution in [0.2, 0.25) is 0 Å². The van der Waals surface area contributed by atoms with Gasteiger partial charge in [0.05, 0.1) is 0 Å². The third kappa shape index (κ3) is 4.72. The van der Waals surface area contributed by atoms with Crippen molar-refractivity contribution in [1.82, 2.24) is 0 Å². The molecule has 0 aliphatic heterocycles. The summed E-state index contributed by atoms with van der Waals surface area (Å²) < 4.78 is 0. The molecule has 2 rings (SSSR count). The number of nitrogens with zero attached hydrogens (tertiary/aromatic N) is 2. The SMILES string of the molecule is CC(=O)N(CCC(=O)N(C)c1ccccc1)c1ccccc1C(C)(C)C. The van der Waals surface area contributed by atoms with Gasteiger partial charge in [-0.15, -0.1) is 0 Å². The molecule has 0 spiro atoms. The lowest BCUT2D eigenvalue weighted by Gasteiger charge is -2.30. The average Bonchev–Trinajstić information content (AvgIpc) is 2.61. The number of anilines is 2. The predicted molar refractivity (Wildman–Crippen MR) is 108 cm³/mol. The Bertz CT molecular complexity index is 763. The van der Waals surface area contributed by atoms with Crippen LogP contribution >= 0.6 is 0 Å². The molecule has 2 amide bonds. The quantitative estimate of drug-likeness (QED) is 0.801. The number of amides is 2. The second-order valence-corrected chi connectivity index (χ2v) is 7.48. The lowest BCUT2D eigenvalue weighted by atomic mass is 9.85. The largest absolute Gasteiger partial charge is 0.315 e. The Morgan fingerprint density at radius 2 is 1.50 bits per heavy atom. The second kappa shape index (κ2) is 8.17. The molecule has 0 heterocycles. The van der Waals surface area contributed by atoms with E-state index < -0.39 is 0 Å². The predicted octanol–water partition coefficient (Wildman–Crippen LogP) is 4.39. The van der Waals surface area contributed by atoms with E-state index in [1.165, 1.54) is 0 Å². The normalized spacial score (nSPS) is 11.1. The summed E-state index contributed by atoms with van der Waals surface area (Å²) in [6.45, 7) is 8.28. The highest BCUT2D eigenvalue weighted by Gasteiger charge is 2.23. The molecule has 0 bridgehead atoms. The van der Waals surface area contributed by atoms with Crippen LogP contribution in [0.15, 0.2) is 54.6 Å². The van der Waals surface area contributed by atoms with Crippen molar-refractivity contribution in [3.8, 4) is 0 Å². The van der Waals surface area contributed by atoms with Crippen molar-refractivity contribution in [2.75, 3.05) is 23.4 Å². The van der Waals surface area contributed by atoms with E-state index in [9.17, 15) is 9.59 Å². The highest BCUT2D eigenvalue weighted by atomic mass is 16.2. The molecule has 0 N–H and O–H groups in total. The highest BCUT2D eigenvalue weighted by molar-refractivity contribution is 5.96. The van der Waals surface area contributed by atoms with E-state index in [0.29, 0.717) is 6.54 Å². The van der Waals surface area contributed by atoms with Gasteiger partial charge in [0.2, 0.25) is 11.8 Å². The Balaban J connectivity index is 2.18. The van der Waals surface area contributed by atoms with Gasteiger partial charge in [0, 0.05) is 38.3 Å². The maximum atomic E-state index is 12.6. The maximum Gasteiger partial charge on any atom is 0.228 e. The Labute approximate surface area is 156 Å². The van der Waals surface area contributed by atoms with Crippen LogP contribution in [0.4, 0.5) is 11.4 Å². The lowest BCUT2D eigenvalue weighted by Crippen LogP contribution is -2.36. The lowest BCUT2D eigenvalue weighted by molar-refractivity contribution is -0.118. The zero-order valence-corrected chi connectivity index (χ0v) is 16.3. The van der Waals surface area contributed by atoms with Crippen molar-refractivity contribution in [3.05, 3.63) is 60.2 Å². The molecule has 2 aromatic carbocycles. The standard InChI is InChI=1S/C22H28N2O2/c1-17(25)24(20-14-10-9-13-19(20)22(2,3)4)16-15-21(26)23(5)18-11-7-6-8-12-18/h6-14H,15-16H2,1-5H3. The van der Waals surface area contributed by atoms with Crippen molar-refractivity contribution in [3.63, 3.8) is 0 Å². The van der Waals surface area contributed by atoms with Gasteiger partial charge < -0.3 is 9.80 Å². The average molecular weight is 352 g/mol. The van der Waals surface area contributed by atoms with Crippen LogP contribution in [-0.2, 0) is 15.0 Å². The summed E-state index contributed by atoms with van der Waals surface area (Å²) in [4.78, 5) is 28.2. The van der Waals surface area contributed by atoms with E-state index in [1.54, 1.807) is 23.8 Å². The summed E-state index contributed by atoms with van der Waals surface area (Å²) in [6.07, 6.45) is 0.267. The molecule has 4 heteroatoms. The molecule has 0 aliphatic rings. The molecule has 26 heavy (non-hydrogen) atoms. The monoisotopic (exact) mass is 352 g/mol. The topological polar surface area (TPSA) is 40.6 Å². The fourth-order valence-electron chi connectivity index (χ4n) is 2.96. The Morgan fingerprint density at radius 3 is 2.08 bits per heavy atom. The molecule has 0 saturated heterocycles. The van der Waals surface area contributed by atoms with Crippen LogP contribution in [0.3, 0.4) is 0 Å². The van der Waals surface area contributed by atoms with Crippen LogP contribution < -0.4 is 9.80 Å². The smallest absolute Gasteiger partial charge is 0.228 e. The minimum Gasteiger partial charge on any atom is -0.315 e. The third-order valence-electron chi connectivity index (χ3n) is 4.45. The first-order valence-electron chi connectivity index (χ1n) is 8.91. The molecule has 0 aliphatic carbocycles. The maximum absolute atomic E-state index is 12.6. The zero-order valence-electron chi connectivity index (χ0n) is 16.3. The minimum atomic E-state index is -0.0882. The van der Waals surface area contributed by atoms with E-state index >= 15 is 0 Å². The summed E-state index contributed by atoms with van der Waals surface area (Å²) >= 11 is 0. The van der Waals surface area contributed by atoms with E-state index in [1.807, 2.05) is 54.6 Å². The van der Waals surface area contributed by atoms with Crippen molar-refractivity contribution < 1.29 is 9.59 Å². The van der Waals surface area contributed by atoms with Gasteiger partial charge in [-0.3, -0.25) is 9.59 Å². The first kappa shape index (κ1) is 19.7. The Hall–Kier alpha value is -2.62. The van der Waals surface area contributed by atoms with Gasteiger partial charge in [-0.1, -0.05) is 57.2 Å². The number of hydrogen-bond donors (Lipinski definition) is 0. The van der Waals surface area contributed by atoms with Gasteiger partial charge in [-0.2, -0.15) is 0 Å². The van der Waals surface area contributed by atoms with Gasteiger partial charge in [-0.05, 0) is 29.2 Å². The fourth-order valence-corrected chi connectivity index (χ4v) is 2.96. The second-order valence-electron chi connectivity index (χ2n) is 7.48. The molecule has 0 radical (unpaired) electrons. The molecule has 0 fully saturated rings. The van der Waals surface area contributed by atoms with Crippen LogP contribution in [0.1, 0.15) is 39.7 Å². The van der Waals surface area contributed by atoms with Gasteiger partial charge in [0.25, 0.3) is 0 Å². The van der Waals surface area contributed by atoms with Gasteiger partial charge in [0.1, 0.15) is 0 Å². The molecule has 138 valence electrons. The van der Waals surface area contributed by atoms with Gasteiger partial charge in [0.15, 0.2) is 0 Å². The first-order valence-corrected chi connectivity index (χ1v) is 8.91. The highest BCUT2D eigenvalue weighted by Crippen LogP contribution is 2.32. The number of carbonyl (C=O) groups is 2. The van der Waals surface area contributed by atoms with Crippen molar-refractivity contribution in [1.29, 1.82) is 0 Å². The van der Waals surface area contributed by atoms with Crippen molar-refractivity contribution in [2.24, 2.45) is 0 Å². The summed E-state index contributed by atoms with van der Waals surface area (Å²) in [5, 5.41) is 0. The van der Waals surface area contributed by atoms with Crippen LogP contribution in [0, 0.1) is 0 Å². The van der Waals surface area contributed by atoms with Crippen LogP contribution in [0.25, 0.3) is 0 Å².